The lowest BCUT2D eigenvalue weighted by molar-refractivity contribution is -0.131. The van der Waals surface area contributed by atoms with Crippen LogP contribution in [0, 0.1) is 11.8 Å². The van der Waals surface area contributed by atoms with E-state index in [-0.39, 0.29) is 52.3 Å². The maximum atomic E-state index is 13.5. The topological polar surface area (TPSA) is 142 Å². The summed E-state index contributed by atoms with van der Waals surface area (Å²) in [6, 6.07) is 5.79. The predicted octanol–water partition coefficient (Wildman–Crippen LogP) is 2.46. The monoisotopic (exact) mass is 657 g/mol. The van der Waals surface area contributed by atoms with Crippen LogP contribution >= 0.6 is 11.6 Å². The zero-order valence-corrected chi connectivity index (χ0v) is 25.6. The molecular formula is C30H34ClF2N9O4. The van der Waals surface area contributed by atoms with E-state index in [1.54, 1.807) is 12.3 Å². The molecule has 0 saturated carbocycles. The molecule has 0 spiro atoms. The van der Waals surface area contributed by atoms with Gasteiger partial charge < -0.3 is 30.3 Å². The number of carbonyl (C=O) groups excluding carboxylic acids is 2. The van der Waals surface area contributed by atoms with Crippen molar-refractivity contribution in [1.29, 1.82) is 0 Å². The van der Waals surface area contributed by atoms with E-state index in [1.165, 1.54) is 46.0 Å². The SMILES string of the molecule is O=C(Nc1cn(CC(=O)N2C[C@H]3CN(CCCNCCO)C[C@H]3C2)nc1-c1cc(Cl)ccc1OC(F)F)c1cnn2cccnc12. The third kappa shape index (κ3) is 7.12. The average molecular weight is 658 g/mol. The van der Waals surface area contributed by atoms with Gasteiger partial charge in [0.15, 0.2) is 5.65 Å². The van der Waals surface area contributed by atoms with Gasteiger partial charge in [-0.05, 0) is 55.6 Å². The average Bonchev–Trinajstić information content (AvgIpc) is 3.80. The number of rotatable bonds is 13. The van der Waals surface area contributed by atoms with Crippen LogP contribution in [0.1, 0.15) is 16.8 Å². The zero-order valence-electron chi connectivity index (χ0n) is 24.9. The van der Waals surface area contributed by atoms with Gasteiger partial charge in [0.2, 0.25) is 5.91 Å². The zero-order chi connectivity index (χ0) is 32.2. The van der Waals surface area contributed by atoms with Crippen LogP contribution in [0.25, 0.3) is 16.9 Å². The van der Waals surface area contributed by atoms with Gasteiger partial charge in [-0.1, -0.05) is 11.6 Å². The Bertz CT molecular complexity index is 1690. The van der Waals surface area contributed by atoms with E-state index in [1.807, 2.05) is 4.90 Å². The van der Waals surface area contributed by atoms with Gasteiger partial charge in [-0.3, -0.25) is 14.3 Å². The number of nitrogens with zero attached hydrogens (tertiary/aromatic N) is 7. The molecule has 13 nitrogen and oxygen atoms in total. The van der Waals surface area contributed by atoms with Crippen molar-refractivity contribution in [2.24, 2.45) is 11.8 Å². The number of aromatic nitrogens is 5. The number of likely N-dealkylation sites (tertiary alicyclic amines) is 2. The molecule has 2 atom stereocenters. The molecule has 0 aliphatic carbocycles. The summed E-state index contributed by atoms with van der Waals surface area (Å²) in [4.78, 5) is 35.3. The molecule has 4 aromatic rings. The summed E-state index contributed by atoms with van der Waals surface area (Å²) >= 11 is 6.23. The second-order valence-electron chi connectivity index (χ2n) is 11.4. The number of nitrogens with one attached hydrogen (secondary N) is 2. The number of carbonyl (C=O) groups is 2. The quantitative estimate of drug-likeness (QED) is 0.185. The van der Waals surface area contributed by atoms with Gasteiger partial charge in [0, 0.05) is 61.9 Å². The van der Waals surface area contributed by atoms with Crippen molar-refractivity contribution in [2.45, 2.75) is 19.6 Å². The van der Waals surface area contributed by atoms with Gasteiger partial charge in [-0.2, -0.15) is 19.0 Å². The first-order chi connectivity index (χ1) is 22.3. The van der Waals surface area contributed by atoms with E-state index in [0.717, 1.165) is 32.6 Å². The Kier molecular flexibility index (Phi) is 9.72. The van der Waals surface area contributed by atoms with Gasteiger partial charge in [0.1, 0.15) is 23.6 Å². The second kappa shape index (κ2) is 14.1. The van der Waals surface area contributed by atoms with Crippen molar-refractivity contribution in [1.82, 2.24) is 39.5 Å². The van der Waals surface area contributed by atoms with Gasteiger partial charge in [-0.25, -0.2) is 9.50 Å². The Morgan fingerprint density at radius 2 is 1.96 bits per heavy atom. The number of ether oxygens (including phenoxy) is 1. The Morgan fingerprint density at radius 3 is 2.72 bits per heavy atom. The lowest BCUT2D eigenvalue weighted by atomic mass is 10.0. The molecule has 1 aromatic carbocycles. The fraction of sp³-hybridized carbons (Fsp3) is 0.433. The molecule has 46 heavy (non-hydrogen) atoms. The van der Waals surface area contributed by atoms with Crippen LogP contribution in [-0.2, 0) is 11.3 Å². The van der Waals surface area contributed by atoms with E-state index in [2.05, 4.69) is 30.7 Å². The summed E-state index contributed by atoms with van der Waals surface area (Å²) in [5.41, 5.74) is 0.896. The number of fused-ring (bicyclic) bond motifs is 2. The van der Waals surface area contributed by atoms with Crippen molar-refractivity contribution in [2.75, 3.05) is 57.7 Å². The van der Waals surface area contributed by atoms with Gasteiger partial charge in [0.05, 0.1) is 18.5 Å². The molecule has 2 aliphatic heterocycles. The van der Waals surface area contributed by atoms with Crippen molar-refractivity contribution < 1.29 is 28.2 Å². The van der Waals surface area contributed by atoms with E-state index in [0.29, 0.717) is 37.1 Å². The first-order valence-electron chi connectivity index (χ1n) is 15.0. The molecule has 0 unspecified atom stereocenters. The molecule has 2 fully saturated rings. The number of alkyl halides is 2. The minimum Gasteiger partial charge on any atom is -0.434 e. The van der Waals surface area contributed by atoms with E-state index in [4.69, 9.17) is 21.4 Å². The summed E-state index contributed by atoms with van der Waals surface area (Å²) in [5, 5.41) is 23.8. The number of benzene rings is 1. The number of aliphatic hydroxyl groups is 1. The van der Waals surface area contributed by atoms with Crippen molar-refractivity contribution >= 4 is 34.7 Å². The van der Waals surface area contributed by atoms with E-state index in [9.17, 15) is 18.4 Å². The third-order valence-corrected chi connectivity index (χ3v) is 8.51. The van der Waals surface area contributed by atoms with Crippen molar-refractivity contribution in [3.63, 3.8) is 0 Å². The molecule has 6 rings (SSSR count). The summed E-state index contributed by atoms with van der Waals surface area (Å²) in [7, 11) is 0. The minimum absolute atomic E-state index is 0.103. The number of aliphatic hydroxyl groups excluding tert-OH is 1. The molecule has 16 heteroatoms. The van der Waals surface area contributed by atoms with Gasteiger partial charge >= 0.3 is 6.61 Å². The summed E-state index contributed by atoms with van der Waals surface area (Å²) in [6.45, 7) is 2.45. The lowest BCUT2D eigenvalue weighted by Gasteiger charge is -2.21. The number of hydrogen-bond acceptors (Lipinski definition) is 9. The molecule has 244 valence electrons. The van der Waals surface area contributed by atoms with Gasteiger partial charge in [0.25, 0.3) is 5.91 Å². The Balaban J connectivity index is 1.18. The fourth-order valence-corrected chi connectivity index (χ4v) is 6.37. The van der Waals surface area contributed by atoms with Crippen LogP contribution in [0.15, 0.2) is 49.1 Å². The van der Waals surface area contributed by atoms with Crippen LogP contribution in [0.3, 0.4) is 0 Å². The lowest BCUT2D eigenvalue weighted by Crippen LogP contribution is -2.36. The highest BCUT2D eigenvalue weighted by Crippen LogP contribution is 2.37. The summed E-state index contributed by atoms with van der Waals surface area (Å²) in [6.07, 6.45) is 7.03. The molecule has 2 aliphatic rings. The molecule has 3 N–H and O–H groups in total. The molecule has 0 radical (unpaired) electrons. The number of halogens is 3. The maximum Gasteiger partial charge on any atom is 0.387 e. The van der Waals surface area contributed by atoms with Crippen molar-refractivity contribution in [3.8, 4) is 17.0 Å². The normalized spacial score (nSPS) is 18.1. The first-order valence-corrected chi connectivity index (χ1v) is 15.4. The van der Waals surface area contributed by atoms with Crippen LogP contribution in [0.4, 0.5) is 14.5 Å². The Morgan fingerprint density at radius 1 is 1.15 bits per heavy atom. The van der Waals surface area contributed by atoms with Crippen LogP contribution in [-0.4, -0.2) is 110 Å². The van der Waals surface area contributed by atoms with E-state index >= 15 is 0 Å². The van der Waals surface area contributed by atoms with Crippen LogP contribution < -0.4 is 15.4 Å². The largest absolute Gasteiger partial charge is 0.434 e. The van der Waals surface area contributed by atoms with E-state index < -0.39 is 12.5 Å². The first kappa shape index (κ1) is 31.8. The molecule has 0 bridgehead atoms. The summed E-state index contributed by atoms with van der Waals surface area (Å²) < 4.78 is 34.2. The highest BCUT2D eigenvalue weighted by Gasteiger charge is 2.41. The third-order valence-electron chi connectivity index (χ3n) is 8.27. The molecule has 2 saturated heterocycles. The Labute approximate surface area is 268 Å². The maximum absolute atomic E-state index is 13.5. The van der Waals surface area contributed by atoms with Crippen LogP contribution in [0.5, 0.6) is 5.75 Å². The molecule has 2 amide bonds. The smallest absolute Gasteiger partial charge is 0.387 e. The summed E-state index contributed by atoms with van der Waals surface area (Å²) in [5.74, 6) is -0.108. The minimum atomic E-state index is -3.11. The molecule has 3 aromatic heterocycles. The predicted molar refractivity (Wildman–Crippen MR) is 165 cm³/mol. The second-order valence-corrected chi connectivity index (χ2v) is 11.9. The standard InChI is InChI=1S/C30H34ClF2N9O4/c31-21-3-4-25(46-30(32)33)22(11-21)27-24(37-29(45)23-12-36-42-9-2-6-35-28(23)42)17-41(38-27)18-26(44)40-15-19-13-39(14-20(19)16-40)8-1-5-34-7-10-43/h2-4,6,9,11-12,17,19-20,30,34,43H,1,5,7-8,10,13-16,18H2,(H,37,45)/t19-,20+. The number of amides is 2. The Hall–Kier alpha value is -4.18. The number of anilines is 1. The van der Waals surface area contributed by atoms with Gasteiger partial charge in [-0.15, -0.1) is 0 Å². The fourth-order valence-electron chi connectivity index (χ4n) is 6.20. The molecular weight excluding hydrogens is 624 g/mol. The number of hydrogen-bond donors (Lipinski definition) is 3. The highest BCUT2D eigenvalue weighted by atomic mass is 35.5. The van der Waals surface area contributed by atoms with Crippen molar-refractivity contribution in [3.05, 3.63) is 59.6 Å². The highest BCUT2D eigenvalue weighted by molar-refractivity contribution is 6.31. The van der Waals surface area contributed by atoms with Crippen LogP contribution in [0.2, 0.25) is 5.02 Å². The molecule has 5 heterocycles.